The molecule has 2 atom stereocenters. The molecule has 5 heterocycles. The predicted octanol–water partition coefficient (Wildman–Crippen LogP) is 4.84. The van der Waals surface area contributed by atoms with E-state index < -0.39 is 17.9 Å². The van der Waals surface area contributed by atoms with E-state index in [-0.39, 0.29) is 0 Å². The van der Waals surface area contributed by atoms with Crippen molar-refractivity contribution in [1.29, 1.82) is 5.26 Å². The van der Waals surface area contributed by atoms with Crippen molar-refractivity contribution < 1.29 is 9.90 Å². The number of nitriles is 1. The van der Waals surface area contributed by atoms with Gasteiger partial charge < -0.3 is 14.7 Å². The van der Waals surface area contributed by atoms with E-state index in [4.69, 9.17) is 16.6 Å². The van der Waals surface area contributed by atoms with Crippen LogP contribution in [0.15, 0.2) is 49.3 Å². The van der Waals surface area contributed by atoms with Crippen molar-refractivity contribution in [2.75, 3.05) is 0 Å². The van der Waals surface area contributed by atoms with Gasteiger partial charge in [0.05, 0.1) is 16.5 Å². The molecular weight excluding hydrogens is 454 g/mol. The largest absolute Gasteiger partial charge is 0.481 e. The number of aromatic amines is 1. The Hall–Kier alpha value is -4.29. The molecule has 5 rings (SSSR count). The molecular formula is C24H18ClN7O2. The smallest absolute Gasteiger partial charge is 0.308 e. The molecule has 10 heteroatoms. The second kappa shape index (κ2) is 8.24. The maximum Gasteiger partial charge on any atom is 0.308 e. The SMILES string of the molecule is C[C@H]([C@@H](C)C(=O)O)n1cc(-c2ccncc2C#N)c2cnc(-c3c[nH]c4ncc(Cl)cc34)nc21. The number of rotatable bonds is 5. The van der Waals surface area contributed by atoms with Crippen LogP contribution in [-0.2, 0) is 4.79 Å². The Morgan fingerprint density at radius 3 is 2.76 bits per heavy atom. The Bertz CT molecular complexity index is 1620. The number of carboxylic acids is 1. The number of nitrogens with one attached hydrogen (secondary N) is 1. The van der Waals surface area contributed by atoms with E-state index >= 15 is 0 Å². The first kappa shape index (κ1) is 21.6. The molecule has 5 aromatic rings. The highest BCUT2D eigenvalue weighted by Crippen LogP contribution is 2.36. The second-order valence-corrected chi connectivity index (χ2v) is 8.47. The summed E-state index contributed by atoms with van der Waals surface area (Å²) >= 11 is 6.15. The van der Waals surface area contributed by atoms with Crippen LogP contribution in [0.2, 0.25) is 5.02 Å². The van der Waals surface area contributed by atoms with Crippen LogP contribution >= 0.6 is 11.6 Å². The number of hydrogen-bond acceptors (Lipinski definition) is 6. The third kappa shape index (κ3) is 3.45. The number of hydrogen-bond donors (Lipinski definition) is 2. The average Bonchev–Trinajstić information content (AvgIpc) is 3.43. The Kier molecular flexibility index (Phi) is 5.23. The van der Waals surface area contributed by atoms with E-state index in [1.54, 1.807) is 43.8 Å². The molecule has 0 saturated heterocycles. The summed E-state index contributed by atoms with van der Waals surface area (Å²) in [5, 5.41) is 21.2. The number of pyridine rings is 2. The Balaban J connectivity index is 1.77. The molecule has 34 heavy (non-hydrogen) atoms. The van der Waals surface area contributed by atoms with E-state index in [1.807, 2.05) is 17.7 Å². The van der Waals surface area contributed by atoms with Crippen molar-refractivity contribution in [3.8, 4) is 28.6 Å². The number of fused-ring (bicyclic) bond motifs is 2. The molecule has 0 amide bonds. The van der Waals surface area contributed by atoms with Gasteiger partial charge in [-0.05, 0) is 26.0 Å². The third-order valence-electron chi connectivity index (χ3n) is 6.09. The number of carbonyl (C=O) groups is 1. The van der Waals surface area contributed by atoms with Crippen LogP contribution in [0.5, 0.6) is 0 Å². The molecule has 0 spiro atoms. The van der Waals surface area contributed by atoms with Crippen LogP contribution < -0.4 is 0 Å². The lowest BCUT2D eigenvalue weighted by Gasteiger charge is -2.18. The molecule has 0 unspecified atom stereocenters. The lowest BCUT2D eigenvalue weighted by atomic mass is 10.0. The second-order valence-electron chi connectivity index (χ2n) is 8.03. The van der Waals surface area contributed by atoms with Crippen molar-refractivity contribution in [3.63, 3.8) is 0 Å². The molecule has 0 radical (unpaired) electrons. The Morgan fingerprint density at radius 1 is 1.18 bits per heavy atom. The van der Waals surface area contributed by atoms with E-state index in [0.29, 0.717) is 38.7 Å². The van der Waals surface area contributed by atoms with Crippen LogP contribution in [0.4, 0.5) is 0 Å². The Morgan fingerprint density at radius 2 is 2.00 bits per heavy atom. The number of H-pyrrole nitrogens is 1. The summed E-state index contributed by atoms with van der Waals surface area (Å²) in [5.41, 5.74) is 3.75. The molecule has 0 fully saturated rings. The van der Waals surface area contributed by atoms with Gasteiger partial charge >= 0.3 is 5.97 Å². The van der Waals surface area contributed by atoms with Gasteiger partial charge in [0.2, 0.25) is 0 Å². The van der Waals surface area contributed by atoms with Crippen LogP contribution in [0.1, 0.15) is 25.5 Å². The summed E-state index contributed by atoms with van der Waals surface area (Å²) in [4.78, 5) is 32.6. The van der Waals surface area contributed by atoms with Crippen molar-refractivity contribution >= 4 is 39.6 Å². The van der Waals surface area contributed by atoms with Gasteiger partial charge in [0, 0.05) is 70.7 Å². The minimum absolute atomic E-state index is 0.405. The Labute approximate surface area is 198 Å². The standard InChI is InChI=1S/C24H18ClN7O2/c1-12(24(33)34)13(2)32-11-20(16-3-4-27-7-14(16)6-26)19-10-30-22(31-23(19)32)18-9-29-21-17(18)5-15(25)8-28-21/h3-5,7-13H,1-2H3,(H,28,29)(H,33,34)/t12-,13-/m1/s1. The normalized spacial score (nSPS) is 13.1. The molecule has 168 valence electrons. The number of aromatic nitrogens is 6. The fourth-order valence-corrected chi connectivity index (χ4v) is 4.17. The molecule has 0 aliphatic rings. The average molecular weight is 472 g/mol. The fourth-order valence-electron chi connectivity index (χ4n) is 4.01. The highest BCUT2D eigenvalue weighted by Gasteiger charge is 2.25. The zero-order chi connectivity index (χ0) is 24.0. The van der Waals surface area contributed by atoms with Gasteiger partial charge in [0.1, 0.15) is 17.4 Å². The van der Waals surface area contributed by atoms with Crippen LogP contribution in [0.3, 0.4) is 0 Å². The van der Waals surface area contributed by atoms with Crippen molar-refractivity contribution in [1.82, 2.24) is 29.5 Å². The molecule has 9 nitrogen and oxygen atoms in total. The van der Waals surface area contributed by atoms with Crippen LogP contribution in [0.25, 0.3) is 44.6 Å². The highest BCUT2D eigenvalue weighted by molar-refractivity contribution is 6.31. The minimum Gasteiger partial charge on any atom is -0.481 e. The lowest BCUT2D eigenvalue weighted by Crippen LogP contribution is -2.21. The van der Waals surface area contributed by atoms with Gasteiger partial charge in [-0.25, -0.2) is 15.0 Å². The summed E-state index contributed by atoms with van der Waals surface area (Å²) in [7, 11) is 0. The molecule has 0 saturated carbocycles. The summed E-state index contributed by atoms with van der Waals surface area (Å²) in [6.45, 7) is 3.48. The molecule has 0 bridgehead atoms. The number of aliphatic carboxylic acids is 1. The predicted molar refractivity (Wildman–Crippen MR) is 127 cm³/mol. The zero-order valence-electron chi connectivity index (χ0n) is 18.2. The number of carboxylic acid groups (broad SMARTS) is 1. The summed E-state index contributed by atoms with van der Waals surface area (Å²) < 4.78 is 1.83. The molecule has 0 aliphatic heterocycles. The quantitative estimate of drug-likeness (QED) is 0.374. The number of halogens is 1. The van der Waals surface area contributed by atoms with Gasteiger partial charge in [-0.2, -0.15) is 5.26 Å². The van der Waals surface area contributed by atoms with E-state index in [2.05, 4.69) is 26.0 Å². The lowest BCUT2D eigenvalue weighted by molar-refractivity contribution is -0.142. The van der Waals surface area contributed by atoms with Gasteiger partial charge in [0.25, 0.3) is 0 Å². The van der Waals surface area contributed by atoms with Gasteiger partial charge in [-0.15, -0.1) is 0 Å². The summed E-state index contributed by atoms with van der Waals surface area (Å²) in [5.74, 6) is -1.14. The maximum atomic E-state index is 11.7. The monoisotopic (exact) mass is 471 g/mol. The fraction of sp³-hybridized carbons (Fsp3) is 0.167. The first-order valence-corrected chi connectivity index (χ1v) is 10.8. The zero-order valence-corrected chi connectivity index (χ0v) is 18.9. The molecule has 2 N–H and O–H groups in total. The van der Waals surface area contributed by atoms with Crippen LogP contribution in [-0.4, -0.2) is 40.6 Å². The van der Waals surface area contributed by atoms with Gasteiger partial charge in [0.15, 0.2) is 5.82 Å². The first-order chi connectivity index (χ1) is 16.4. The molecule has 0 aliphatic carbocycles. The minimum atomic E-state index is -0.913. The van der Waals surface area contributed by atoms with E-state index in [9.17, 15) is 15.2 Å². The van der Waals surface area contributed by atoms with E-state index in [0.717, 1.165) is 16.5 Å². The maximum absolute atomic E-state index is 11.7. The van der Waals surface area contributed by atoms with Gasteiger partial charge in [-0.1, -0.05) is 11.6 Å². The van der Waals surface area contributed by atoms with Gasteiger partial charge in [-0.3, -0.25) is 9.78 Å². The first-order valence-electron chi connectivity index (χ1n) is 10.5. The molecule has 0 aromatic carbocycles. The van der Waals surface area contributed by atoms with E-state index in [1.165, 1.54) is 6.20 Å². The highest BCUT2D eigenvalue weighted by atomic mass is 35.5. The summed E-state index contributed by atoms with van der Waals surface area (Å²) in [6.07, 6.45) is 9.96. The van der Waals surface area contributed by atoms with Crippen molar-refractivity contribution in [3.05, 3.63) is 59.9 Å². The molecule has 5 aromatic heterocycles. The van der Waals surface area contributed by atoms with Crippen molar-refractivity contribution in [2.45, 2.75) is 19.9 Å². The topological polar surface area (TPSA) is 133 Å². The van der Waals surface area contributed by atoms with Crippen LogP contribution in [0, 0.1) is 17.2 Å². The number of nitrogens with zero attached hydrogens (tertiary/aromatic N) is 6. The third-order valence-corrected chi connectivity index (χ3v) is 6.30. The van der Waals surface area contributed by atoms with Crippen molar-refractivity contribution in [2.24, 2.45) is 5.92 Å². The summed E-state index contributed by atoms with van der Waals surface area (Å²) in [6, 6.07) is 5.30.